The third-order valence-electron chi connectivity index (χ3n) is 3.48. The Hall–Kier alpha value is -1.14. The van der Waals surface area contributed by atoms with Crippen LogP contribution in [0.3, 0.4) is 0 Å². The van der Waals surface area contributed by atoms with E-state index in [-0.39, 0.29) is 5.75 Å². The second-order valence-electron chi connectivity index (χ2n) is 5.53. The van der Waals surface area contributed by atoms with E-state index >= 15 is 0 Å². The van der Waals surface area contributed by atoms with Gasteiger partial charge in [-0.25, -0.2) is 8.42 Å². The lowest BCUT2D eigenvalue weighted by atomic mass is 10.2. The molecule has 20 heavy (non-hydrogen) atoms. The first kappa shape index (κ1) is 15.3. The molecule has 0 unspecified atom stereocenters. The number of pyridine rings is 1. The van der Waals surface area contributed by atoms with Gasteiger partial charge in [0.1, 0.15) is 0 Å². The van der Waals surface area contributed by atoms with Gasteiger partial charge in [0.05, 0.1) is 23.4 Å². The number of hydrogen-bond donors (Lipinski definition) is 1. The number of rotatable bonds is 4. The lowest BCUT2D eigenvalue weighted by molar-refractivity contribution is 0.587. The fourth-order valence-electron chi connectivity index (χ4n) is 2.34. The molecule has 1 aromatic heterocycles. The summed E-state index contributed by atoms with van der Waals surface area (Å²) >= 11 is 0. The van der Waals surface area contributed by atoms with Gasteiger partial charge in [0.2, 0.25) is 0 Å². The zero-order valence-electron chi connectivity index (χ0n) is 12.2. The van der Waals surface area contributed by atoms with Crippen molar-refractivity contribution in [3.05, 3.63) is 24.0 Å². The number of anilines is 1. The Morgan fingerprint density at radius 1 is 1.35 bits per heavy atom. The van der Waals surface area contributed by atoms with Crippen molar-refractivity contribution in [2.24, 2.45) is 0 Å². The van der Waals surface area contributed by atoms with Crippen LogP contribution in [-0.2, 0) is 16.4 Å². The Balaban J connectivity index is 2.15. The molecule has 0 spiro atoms. The summed E-state index contributed by atoms with van der Waals surface area (Å²) in [5.74, 6) is 0.530. The highest BCUT2D eigenvalue weighted by Gasteiger charge is 2.20. The molecule has 0 radical (unpaired) electrons. The summed E-state index contributed by atoms with van der Waals surface area (Å²) in [4.78, 5) is 6.34. The van der Waals surface area contributed by atoms with Gasteiger partial charge in [-0.2, -0.15) is 0 Å². The van der Waals surface area contributed by atoms with Crippen molar-refractivity contribution in [3.8, 4) is 0 Å². The highest BCUT2D eigenvalue weighted by molar-refractivity contribution is 7.91. The number of nitrogens with one attached hydrogen (secondary N) is 1. The molecule has 1 N–H and O–H groups in total. The van der Waals surface area contributed by atoms with Crippen LogP contribution >= 0.6 is 0 Å². The third-order valence-corrected chi connectivity index (χ3v) is 5.20. The Morgan fingerprint density at radius 3 is 2.90 bits per heavy atom. The van der Waals surface area contributed by atoms with Gasteiger partial charge in [0.25, 0.3) is 0 Å². The minimum absolute atomic E-state index is 0.235. The van der Waals surface area contributed by atoms with Crippen molar-refractivity contribution < 1.29 is 8.42 Å². The van der Waals surface area contributed by atoms with E-state index < -0.39 is 9.84 Å². The first-order valence-corrected chi connectivity index (χ1v) is 8.92. The molecule has 1 aliphatic heterocycles. The van der Waals surface area contributed by atoms with E-state index in [4.69, 9.17) is 0 Å². The molecular weight excluding hydrogens is 274 g/mol. The maximum absolute atomic E-state index is 11.7. The van der Waals surface area contributed by atoms with Gasteiger partial charge >= 0.3 is 0 Å². The van der Waals surface area contributed by atoms with E-state index in [0.717, 1.165) is 18.8 Å². The quantitative estimate of drug-likeness (QED) is 0.905. The summed E-state index contributed by atoms with van der Waals surface area (Å²) < 4.78 is 23.4. The molecule has 1 saturated heterocycles. The Labute approximate surface area is 121 Å². The third kappa shape index (κ3) is 4.18. The normalized spacial score (nSPS) is 19.1. The van der Waals surface area contributed by atoms with Crippen LogP contribution in [0, 0.1) is 0 Å². The molecule has 0 aliphatic carbocycles. The summed E-state index contributed by atoms with van der Waals surface area (Å²) in [5.41, 5.74) is 2.23. The zero-order valence-corrected chi connectivity index (χ0v) is 13.0. The van der Waals surface area contributed by atoms with E-state index in [1.54, 1.807) is 6.20 Å². The highest BCUT2D eigenvalue weighted by Crippen LogP contribution is 2.21. The number of sulfone groups is 1. The molecule has 0 atom stereocenters. The summed E-state index contributed by atoms with van der Waals surface area (Å²) in [6.07, 6.45) is 4.32. The second-order valence-corrected chi connectivity index (χ2v) is 7.84. The van der Waals surface area contributed by atoms with Gasteiger partial charge in [0, 0.05) is 31.9 Å². The Morgan fingerprint density at radius 2 is 2.15 bits per heavy atom. The highest BCUT2D eigenvalue weighted by atomic mass is 32.2. The lowest BCUT2D eigenvalue weighted by Gasteiger charge is -2.25. The minimum atomic E-state index is -2.88. The summed E-state index contributed by atoms with van der Waals surface area (Å²) in [6, 6.07) is 2.42. The first-order valence-electron chi connectivity index (χ1n) is 7.09. The molecule has 1 fully saturated rings. The molecule has 0 amide bonds. The fraction of sp³-hybridized carbons (Fsp3) is 0.643. The molecule has 5 nitrogen and oxygen atoms in total. The molecule has 0 aromatic carbocycles. The number of hydrogen-bond acceptors (Lipinski definition) is 5. The van der Waals surface area contributed by atoms with Gasteiger partial charge < -0.3 is 10.2 Å². The Bertz CT molecular complexity index is 543. The molecular formula is C14H23N3O2S. The average Bonchev–Trinajstić information content (AvgIpc) is 2.58. The van der Waals surface area contributed by atoms with E-state index in [9.17, 15) is 8.42 Å². The molecule has 2 rings (SSSR count). The van der Waals surface area contributed by atoms with Gasteiger partial charge in [-0.05, 0) is 18.1 Å². The van der Waals surface area contributed by atoms with Crippen LogP contribution in [0.2, 0.25) is 0 Å². The van der Waals surface area contributed by atoms with E-state index in [1.807, 2.05) is 12.3 Å². The van der Waals surface area contributed by atoms with Crippen LogP contribution < -0.4 is 10.2 Å². The fourth-order valence-corrected chi connectivity index (χ4v) is 3.61. The van der Waals surface area contributed by atoms with Crippen LogP contribution in [0.1, 0.15) is 25.8 Å². The molecule has 112 valence electrons. The van der Waals surface area contributed by atoms with Crippen molar-refractivity contribution in [1.29, 1.82) is 0 Å². The predicted octanol–water partition coefficient (Wildman–Crippen LogP) is 1.20. The summed E-state index contributed by atoms with van der Waals surface area (Å²) in [7, 11) is -2.88. The Kier molecular flexibility index (Phi) is 4.99. The van der Waals surface area contributed by atoms with Gasteiger partial charge in [-0.3, -0.25) is 4.98 Å². The van der Waals surface area contributed by atoms with Crippen LogP contribution in [0.15, 0.2) is 18.5 Å². The van der Waals surface area contributed by atoms with Crippen molar-refractivity contribution in [1.82, 2.24) is 10.3 Å². The standard InChI is InChI=1S/C14H23N3O2S/c1-12(2)16-10-13-4-5-15-11-14(13)17-6-3-8-20(18,19)9-7-17/h4-5,11-12,16H,3,6-10H2,1-2H3. The largest absolute Gasteiger partial charge is 0.369 e. The number of nitrogens with zero attached hydrogens (tertiary/aromatic N) is 2. The van der Waals surface area contributed by atoms with Crippen LogP contribution in [0.4, 0.5) is 5.69 Å². The van der Waals surface area contributed by atoms with Crippen LogP contribution in [0.5, 0.6) is 0 Å². The van der Waals surface area contributed by atoms with Crippen molar-refractivity contribution in [3.63, 3.8) is 0 Å². The SMILES string of the molecule is CC(C)NCc1ccncc1N1CCCS(=O)(=O)CC1. The van der Waals surface area contributed by atoms with Crippen molar-refractivity contribution in [2.45, 2.75) is 32.9 Å². The topological polar surface area (TPSA) is 62.3 Å². The molecule has 0 bridgehead atoms. The maximum Gasteiger partial charge on any atom is 0.152 e. The van der Waals surface area contributed by atoms with Gasteiger partial charge in [-0.15, -0.1) is 0 Å². The monoisotopic (exact) mass is 297 g/mol. The average molecular weight is 297 g/mol. The molecule has 1 aromatic rings. The smallest absolute Gasteiger partial charge is 0.152 e. The van der Waals surface area contributed by atoms with E-state index in [2.05, 4.69) is 29.0 Å². The summed E-state index contributed by atoms with van der Waals surface area (Å²) in [6.45, 7) is 6.33. The molecule has 0 saturated carbocycles. The van der Waals surface area contributed by atoms with Crippen LogP contribution in [-0.4, -0.2) is 44.0 Å². The number of aromatic nitrogens is 1. The first-order chi connectivity index (χ1) is 9.48. The van der Waals surface area contributed by atoms with E-state index in [1.165, 1.54) is 5.56 Å². The summed E-state index contributed by atoms with van der Waals surface area (Å²) in [5, 5.41) is 3.40. The minimum Gasteiger partial charge on any atom is -0.369 e. The van der Waals surface area contributed by atoms with Crippen molar-refractivity contribution >= 4 is 15.5 Å². The van der Waals surface area contributed by atoms with Crippen LogP contribution in [0.25, 0.3) is 0 Å². The predicted molar refractivity (Wildman–Crippen MR) is 81.7 cm³/mol. The lowest BCUT2D eigenvalue weighted by Crippen LogP contribution is -2.29. The zero-order chi connectivity index (χ0) is 14.6. The second kappa shape index (κ2) is 6.54. The van der Waals surface area contributed by atoms with Gasteiger partial charge in [0.15, 0.2) is 9.84 Å². The molecule has 2 heterocycles. The van der Waals surface area contributed by atoms with Gasteiger partial charge in [-0.1, -0.05) is 13.8 Å². The van der Waals surface area contributed by atoms with E-state index in [0.29, 0.717) is 24.8 Å². The molecule has 6 heteroatoms. The van der Waals surface area contributed by atoms with Crippen molar-refractivity contribution in [2.75, 3.05) is 29.5 Å². The maximum atomic E-state index is 11.7. The molecule has 1 aliphatic rings.